The molecular weight excluding hydrogens is 280 g/mol. The van der Waals surface area contributed by atoms with Crippen LogP contribution in [0.5, 0.6) is 0 Å². The van der Waals surface area contributed by atoms with Crippen molar-refractivity contribution in [2.75, 3.05) is 32.5 Å². The number of alkyl halides is 2. The molecule has 1 rings (SSSR count). The van der Waals surface area contributed by atoms with Gasteiger partial charge in [-0.1, -0.05) is 11.6 Å². The molecule has 5 N–H and O–H groups in total. The summed E-state index contributed by atoms with van der Waals surface area (Å²) in [5.74, 6) is -2.86. The van der Waals surface area contributed by atoms with Gasteiger partial charge in [-0.3, -0.25) is 0 Å². The summed E-state index contributed by atoms with van der Waals surface area (Å²) in [6.45, 7) is -1.22. The number of aromatic nitrogens is 2. The summed E-state index contributed by atoms with van der Waals surface area (Å²) in [5.41, 5.74) is 10.9. The van der Waals surface area contributed by atoms with Crippen LogP contribution < -0.4 is 16.8 Å². The summed E-state index contributed by atoms with van der Waals surface area (Å²) < 4.78 is 31.2. The molecular formula is C10H16ClF2N5O. The zero-order valence-electron chi connectivity index (χ0n) is 10.4. The lowest BCUT2D eigenvalue weighted by Crippen LogP contribution is -2.41. The van der Waals surface area contributed by atoms with Crippen LogP contribution in [-0.2, 0) is 4.74 Å². The molecule has 108 valence electrons. The third-order valence-corrected chi connectivity index (χ3v) is 2.70. The second-order valence-electron chi connectivity index (χ2n) is 3.96. The molecule has 0 aliphatic rings. The van der Waals surface area contributed by atoms with Gasteiger partial charge in [-0.25, -0.2) is 8.78 Å². The topological polar surface area (TPSA) is 99.1 Å². The Morgan fingerprint density at radius 1 is 1.53 bits per heavy atom. The van der Waals surface area contributed by atoms with E-state index < -0.39 is 25.1 Å². The van der Waals surface area contributed by atoms with E-state index in [0.29, 0.717) is 5.56 Å². The molecule has 6 nitrogen and oxygen atoms in total. The van der Waals surface area contributed by atoms with Gasteiger partial charge in [0.15, 0.2) is 5.15 Å². The number of nitrogens with zero attached hydrogens (tertiary/aromatic N) is 2. The van der Waals surface area contributed by atoms with E-state index in [0.717, 1.165) is 0 Å². The molecule has 0 fully saturated rings. The van der Waals surface area contributed by atoms with E-state index in [-0.39, 0.29) is 17.6 Å². The van der Waals surface area contributed by atoms with Crippen molar-refractivity contribution in [3.8, 4) is 0 Å². The van der Waals surface area contributed by atoms with E-state index in [9.17, 15) is 8.78 Å². The molecule has 0 aliphatic heterocycles. The number of anilines is 1. The molecule has 0 bridgehead atoms. The SMILES string of the molecule is COC[C@@H](NCC(F)(F)CN)c1cc(N)nnc1Cl. The average Bonchev–Trinajstić information content (AvgIpc) is 2.37. The van der Waals surface area contributed by atoms with Gasteiger partial charge in [0.2, 0.25) is 0 Å². The first-order valence-corrected chi connectivity index (χ1v) is 5.86. The number of nitrogens with one attached hydrogen (secondary N) is 1. The van der Waals surface area contributed by atoms with Crippen LogP contribution in [0.15, 0.2) is 6.07 Å². The number of hydrogen-bond donors (Lipinski definition) is 3. The second kappa shape index (κ2) is 6.90. The summed E-state index contributed by atoms with van der Waals surface area (Å²) >= 11 is 5.87. The van der Waals surface area contributed by atoms with Crippen LogP contribution in [-0.4, -0.2) is 42.9 Å². The van der Waals surface area contributed by atoms with Gasteiger partial charge in [0.25, 0.3) is 5.92 Å². The normalized spacial score (nSPS) is 13.5. The van der Waals surface area contributed by atoms with E-state index in [1.165, 1.54) is 13.2 Å². The van der Waals surface area contributed by atoms with Gasteiger partial charge >= 0.3 is 0 Å². The highest BCUT2D eigenvalue weighted by Crippen LogP contribution is 2.23. The Bertz CT molecular complexity index is 421. The van der Waals surface area contributed by atoms with Crippen molar-refractivity contribution in [3.63, 3.8) is 0 Å². The Labute approximate surface area is 114 Å². The molecule has 0 unspecified atom stereocenters. The number of nitrogen functional groups attached to an aromatic ring is 1. The maximum Gasteiger partial charge on any atom is 0.272 e. The summed E-state index contributed by atoms with van der Waals surface area (Å²) in [7, 11) is 1.45. The Kier molecular flexibility index (Phi) is 5.80. The van der Waals surface area contributed by atoms with Crippen LogP contribution in [0.3, 0.4) is 0 Å². The van der Waals surface area contributed by atoms with Crippen LogP contribution in [0, 0.1) is 0 Å². The molecule has 1 atom stereocenters. The quantitative estimate of drug-likeness (QED) is 0.681. The summed E-state index contributed by atoms with van der Waals surface area (Å²) in [5, 5.41) is 9.91. The zero-order chi connectivity index (χ0) is 14.5. The smallest absolute Gasteiger partial charge is 0.272 e. The predicted molar refractivity (Wildman–Crippen MR) is 68.1 cm³/mol. The first-order valence-electron chi connectivity index (χ1n) is 5.48. The molecule has 19 heavy (non-hydrogen) atoms. The van der Waals surface area contributed by atoms with Crippen molar-refractivity contribution in [2.24, 2.45) is 5.73 Å². The first kappa shape index (κ1) is 16.0. The van der Waals surface area contributed by atoms with Gasteiger partial charge in [-0.2, -0.15) is 0 Å². The standard InChI is InChI=1S/C10H16ClF2N5O/c1-19-3-7(16-5-10(12,13)4-14)6-2-8(15)17-18-9(6)11/h2,7,16H,3-5,14H2,1H3,(H2,15,17)/t7-/m1/s1. The zero-order valence-corrected chi connectivity index (χ0v) is 11.1. The van der Waals surface area contributed by atoms with Gasteiger partial charge in [-0.15, -0.1) is 10.2 Å². The van der Waals surface area contributed by atoms with Crippen LogP contribution in [0.2, 0.25) is 5.15 Å². The fourth-order valence-electron chi connectivity index (χ4n) is 1.42. The molecule has 0 amide bonds. The van der Waals surface area contributed by atoms with Gasteiger partial charge in [0.05, 0.1) is 25.7 Å². The molecule has 0 radical (unpaired) electrons. The molecule has 1 heterocycles. The van der Waals surface area contributed by atoms with Crippen molar-refractivity contribution in [1.82, 2.24) is 15.5 Å². The number of ether oxygens (including phenoxy) is 1. The Morgan fingerprint density at radius 3 is 2.79 bits per heavy atom. The molecule has 1 aromatic heterocycles. The highest BCUT2D eigenvalue weighted by Gasteiger charge is 2.28. The lowest BCUT2D eigenvalue weighted by molar-refractivity contribution is 0.00617. The minimum absolute atomic E-state index is 0.0832. The number of hydrogen-bond acceptors (Lipinski definition) is 6. The number of methoxy groups -OCH3 is 1. The van der Waals surface area contributed by atoms with Crippen LogP contribution >= 0.6 is 11.6 Å². The minimum atomic E-state index is -3.01. The fraction of sp³-hybridized carbons (Fsp3) is 0.600. The summed E-state index contributed by atoms with van der Waals surface area (Å²) in [6.07, 6.45) is 0. The van der Waals surface area contributed by atoms with Gasteiger partial charge in [0.1, 0.15) is 5.82 Å². The van der Waals surface area contributed by atoms with Gasteiger partial charge in [0, 0.05) is 12.7 Å². The molecule has 0 saturated heterocycles. The monoisotopic (exact) mass is 295 g/mol. The van der Waals surface area contributed by atoms with Crippen LogP contribution in [0.4, 0.5) is 14.6 Å². The molecule has 9 heteroatoms. The third-order valence-electron chi connectivity index (χ3n) is 2.41. The van der Waals surface area contributed by atoms with Crippen LogP contribution in [0.25, 0.3) is 0 Å². The number of rotatable bonds is 7. The lowest BCUT2D eigenvalue weighted by Gasteiger charge is -2.22. The van der Waals surface area contributed by atoms with Gasteiger partial charge < -0.3 is 21.5 Å². The largest absolute Gasteiger partial charge is 0.383 e. The Balaban J connectivity index is 2.85. The number of nitrogens with two attached hydrogens (primary N) is 2. The molecule has 0 aromatic carbocycles. The average molecular weight is 296 g/mol. The Morgan fingerprint density at radius 2 is 2.21 bits per heavy atom. The highest BCUT2D eigenvalue weighted by molar-refractivity contribution is 6.30. The summed E-state index contributed by atoms with van der Waals surface area (Å²) in [4.78, 5) is 0. The van der Waals surface area contributed by atoms with E-state index >= 15 is 0 Å². The molecule has 0 aliphatic carbocycles. The molecule has 0 saturated carbocycles. The summed E-state index contributed by atoms with van der Waals surface area (Å²) in [6, 6.07) is 0.889. The van der Waals surface area contributed by atoms with E-state index in [2.05, 4.69) is 15.5 Å². The van der Waals surface area contributed by atoms with Crippen LogP contribution in [0.1, 0.15) is 11.6 Å². The Hall–Kier alpha value is -1.09. The van der Waals surface area contributed by atoms with Crippen molar-refractivity contribution in [1.29, 1.82) is 0 Å². The predicted octanol–water partition coefficient (Wildman–Crippen LogP) is 0.583. The second-order valence-corrected chi connectivity index (χ2v) is 4.32. The highest BCUT2D eigenvalue weighted by atomic mass is 35.5. The minimum Gasteiger partial charge on any atom is -0.383 e. The first-order chi connectivity index (χ1) is 8.89. The van der Waals surface area contributed by atoms with E-state index in [1.807, 2.05) is 0 Å². The maximum absolute atomic E-state index is 13.1. The fourth-order valence-corrected chi connectivity index (χ4v) is 1.65. The third kappa shape index (κ3) is 4.83. The van der Waals surface area contributed by atoms with Crippen molar-refractivity contribution >= 4 is 17.4 Å². The number of halogens is 3. The van der Waals surface area contributed by atoms with Crippen molar-refractivity contribution < 1.29 is 13.5 Å². The molecule has 1 aromatic rings. The molecule has 0 spiro atoms. The lowest BCUT2D eigenvalue weighted by atomic mass is 10.1. The van der Waals surface area contributed by atoms with E-state index in [4.69, 9.17) is 27.8 Å². The van der Waals surface area contributed by atoms with Crippen molar-refractivity contribution in [3.05, 3.63) is 16.8 Å². The maximum atomic E-state index is 13.1. The van der Waals surface area contributed by atoms with Gasteiger partial charge in [-0.05, 0) is 6.07 Å². The van der Waals surface area contributed by atoms with Crippen molar-refractivity contribution in [2.45, 2.75) is 12.0 Å². The van der Waals surface area contributed by atoms with E-state index in [1.54, 1.807) is 0 Å².